The van der Waals surface area contributed by atoms with Crippen molar-refractivity contribution in [2.24, 2.45) is 0 Å². The first-order valence-electron chi connectivity index (χ1n) is 6.16. The number of likely N-dealkylation sites (N-methyl/N-ethyl adjacent to an activating group) is 1. The van der Waals surface area contributed by atoms with E-state index in [1.165, 1.54) is 19.4 Å². The van der Waals surface area contributed by atoms with Gasteiger partial charge >= 0.3 is 0 Å². The van der Waals surface area contributed by atoms with E-state index >= 15 is 0 Å². The number of sulfone groups is 1. The fraction of sp³-hybridized carbons (Fsp3) is 1.00. The molecule has 0 spiro atoms. The van der Waals surface area contributed by atoms with Gasteiger partial charge in [-0.25, -0.2) is 8.42 Å². The molecule has 0 saturated carbocycles. The minimum Gasteiger partial charge on any atom is -0.314 e. The molecule has 1 aliphatic rings. The minimum absolute atomic E-state index is 0.275. The number of nitrogens with zero attached hydrogens (tertiary/aromatic N) is 1. The summed E-state index contributed by atoms with van der Waals surface area (Å²) in [7, 11) is -0.685. The Labute approximate surface area is 99.3 Å². The summed E-state index contributed by atoms with van der Waals surface area (Å²) in [6, 6.07) is 0.592. The second kappa shape index (κ2) is 6.57. The molecule has 4 nitrogen and oxygen atoms in total. The van der Waals surface area contributed by atoms with Gasteiger partial charge in [-0.15, -0.1) is 0 Å². The van der Waals surface area contributed by atoms with Crippen molar-refractivity contribution < 1.29 is 8.42 Å². The third-order valence-electron chi connectivity index (χ3n) is 3.16. The van der Waals surface area contributed by atoms with Crippen molar-refractivity contribution in [3.05, 3.63) is 0 Å². The van der Waals surface area contributed by atoms with Gasteiger partial charge in [0.15, 0.2) is 9.84 Å². The molecule has 0 radical (unpaired) electrons. The Bertz CT molecular complexity index is 290. The fourth-order valence-electron chi connectivity index (χ4n) is 2.15. The van der Waals surface area contributed by atoms with Gasteiger partial charge in [0.2, 0.25) is 0 Å². The van der Waals surface area contributed by atoms with Crippen LogP contribution in [0.2, 0.25) is 0 Å². The summed E-state index contributed by atoms with van der Waals surface area (Å²) in [6.07, 6.45) is 3.20. The summed E-state index contributed by atoms with van der Waals surface area (Å²) < 4.78 is 22.9. The molecule has 1 fully saturated rings. The highest BCUT2D eigenvalue weighted by atomic mass is 32.2. The van der Waals surface area contributed by atoms with Gasteiger partial charge in [0.05, 0.1) is 5.75 Å². The predicted molar refractivity (Wildman–Crippen MR) is 67.5 cm³/mol. The molecule has 0 bridgehead atoms. The van der Waals surface area contributed by atoms with Crippen LogP contribution in [-0.4, -0.2) is 57.5 Å². The molecule has 1 heterocycles. The van der Waals surface area contributed by atoms with Crippen LogP contribution in [0.4, 0.5) is 0 Å². The van der Waals surface area contributed by atoms with Crippen LogP contribution in [0.25, 0.3) is 0 Å². The first kappa shape index (κ1) is 13.9. The summed E-state index contributed by atoms with van der Waals surface area (Å²) in [5.41, 5.74) is 0. The standard InChI is InChI=1S/C11H24N2O2S/c1-3-8-16(14,15)9-6-12-10-11-5-4-7-13(11)2/h11-12H,3-10H2,1-2H3. The summed E-state index contributed by atoms with van der Waals surface area (Å²) in [5, 5.41) is 3.25. The van der Waals surface area contributed by atoms with Crippen LogP contribution >= 0.6 is 0 Å². The van der Waals surface area contributed by atoms with Crippen LogP contribution in [0.1, 0.15) is 26.2 Å². The van der Waals surface area contributed by atoms with Crippen molar-refractivity contribution in [1.82, 2.24) is 10.2 Å². The molecule has 5 heteroatoms. The van der Waals surface area contributed by atoms with Crippen LogP contribution in [0, 0.1) is 0 Å². The first-order chi connectivity index (χ1) is 7.55. The van der Waals surface area contributed by atoms with E-state index in [0.717, 1.165) is 6.54 Å². The van der Waals surface area contributed by atoms with Gasteiger partial charge < -0.3 is 10.2 Å². The molecule has 0 aromatic carbocycles. The molecule has 0 aromatic heterocycles. The molecule has 1 N–H and O–H groups in total. The van der Waals surface area contributed by atoms with Crippen LogP contribution in [0.3, 0.4) is 0 Å². The lowest BCUT2D eigenvalue weighted by atomic mass is 10.2. The van der Waals surface area contributed by atoms with E-state index in [9.17, 15) is 8.42 Å². The Morgan fingerprint density at radius 2 is 2.12 bits per heavy atom. The zero-order valence-electron chi connectivity index (χ0n) is 10.4. The Morgan fingerprint density at radius 3 is 2.69 bits per heavy atom. The Balaban J connectivity index is 2.12. The lowest BCUT2D eigenvalue weighted by Crippen LogP contribution is -2.37. The molecule has 0 aliphatic carbocycles. The molecule has 1 saturated heterocycles. The number of likely N-dealkylation sites (tertiary alicyclic amines) is 1. The van der Waals surface area contributed by atoms with E-state index in [2.05, 4.69) is 17.3 Å². The molecule has 0 aromatic rings. The topological polar surface area (TPSA) is 49.4 Å². The van der Waals surface area contributed by atoms with Crippen LogP contribution in [0.15, 0.2) is 0 Å². The normalized spacial score (nSPS) is 22.8. The van der Waals surface area contributed by atoms with E-state index in [4.69, 9.17) is 0 Å². The van der Waals surface area contributed by atoms with Gasteiger partial charge in [0.25, 0.3) is 0 Å². The second-order valence-corrected chi connectivity index (χ2v) is 6.94. The number of hydrogen-bond donors (Lipinski definition) is 1. The Hall–Kier alpha value is -0.130. The van der Waals surface area contributed by atoms with Crippen molar-refractivity contribution >= 4 is 9.84 Å². The van der Waals surface area contributed by atoms with Gasteiger partial charge in [-0.3, -0.25) is 0 Å². The summed E-state index contributed by atoms with van der Waals surface area (Å²) in [4.78, 5) is 2.34. The van der Waals surface area contributed by atoms with E-state index in [0.29, 0.717) is 24.8 Å². The highest BCUT2D eigenvalue weighted by molar-refractivity contribution is 7.91. The van der Waals surface area contributed by atoms with Crippen molar-refractivity contribution in [3.63, 3.8) is 0 Å². The van der Waals surface area contributed by atoms with Gasteiger partial charge in [-0.1, -0.05) is 6.92 Å². The maximum absolute atomic E-state index is 11.4. The van der Waals surface area contributed by atoms with E-state index in [1.54, 1.807) is 0 Å². The molecule has 1 rings (SSSR count). The largest absolute Gasteiger partial charge is 0.314 e. The molecule has 1 unspecified atom stereocenters. The van der Waals surface area contributed by atoms with E-state index < -0.39 is 9.84 Å². The third-order valence-corrected chi connectivity index (χ3v) is 5.01. The van der Waals surface area contributed by atoms with E-state index in [1.807, 2.05) is 6.92 Å². The fourth-order valence-corrected chi connectivity index (χ4v) is 3.43. The number of nitrogens with one attached hydrogen (secondary N) is 1. The Morgan fingerprint density at radius 1 is 1.38 bits per heavy atom. The number of rotatable bonds is 7. The average molecular weight is 248 g/mol. The maximum Gasteiger partial charge on any atom is 0.151 e. The summed E-state index contributed by atoms with van der Waals surface area (Å²) in [6.45, 7) is 4.57. The summed E-state index contributed by atoms with van der Waals surface area (Å²) in [5.74, 6) is 0.593. The van der Waals surface area contributed by atoms with E-state index in [-0.39, 0.29) is 5.75 Å². The van der Waals surface area contributed by atoms with Crippen LogP contribution < -0.4 is 5.32 Å². The minimum atomic E-state index is -2.82. The zero-order valence-corrected chi connectivity index (χ0v) is 11.2. The van der Waals surface area contributed by atoms with Gasteiger partial charge in [0.1, 0.15) is 0 Å². The molecular formula is C11H24N2O2S. The molecule has 1 atom stereocenters. The lowest BCUT2D eigenvalue weighted by Gasteiger charge is -2.19. The molecule has 16 heavy (non-hydrogen) atoms. The predicted octanol–water partition coefficient (Wildman–Crippen LogP) is 0.495. The van der Waals surface area contributed by atoms with Crippen molar-refractivity contribution in [2.45, 2.75) is 32.2 Å². The SMILES string of the molecule is CCCS(=O)(=O)CCNCC1CCCN1C. The maximum atomic E-state index is 11.4. The van der Waals surface area contributed by atoms with Gasteiger partial charge in [-0.2, -0.15) is 0 Å². The third kappa shape index (κ3) is 4.80. The first-order valence-corrected chi connectivity index (χ1v) is 7.98. The highest BCUT2D eigenvalue weighted by Crippen LogP contribution is 2.13. The van der Waals surface area contributed by atoms with Crippen molar-refractivity contribution in [1.29, 1.82) is 0 Å². The molecule has 1 aliphatic heterocycles. The Kier molecular flexibility index (Phi) is 5.72. The van der Waals surface area contributed by atoms with Crippen LogP contribution in [0.5, 0.6) is 0 Å². The van der Waals surface area contributed by atoms with Gasteiger partial charge in [-0.05, 0) is 32.9 Å². The summed E-state index contributed by atoms with van der Waals surface area (Å²) >= 11 is 0. The lowest BCUT2D eigenvalue weighted by molar-refractivity contribution is 0.302. The smallest absolute Gasteiger partial charge is 0.151 e. The molecular weight excluding hydrogens is 224 g/mol. The van der Waals surface area contributed by atoms with Crippen LogP contribution in [-0.2, 0) is 9.84 Å². The van der Waals surface area contributed by atoms with Crippen molar-refractivity contribution in [3.8, 4) is 0 Å². The number of hydrogen-bond acceptors (Lipinski definition) is 4. The van der Waals surface area contributed by atoms with Crippen molar-refractivity contribution in [2.75, 3.05) is 38.2 Å². The highest BCUT2D eigenvalue weighted by Gasteiger charge is 2.20. The molecule has 96 valence electrons. The zero-order chi connectivity index (χ0) is 12.0. The van der Waals surface area contributed by atoms with Gasteiger partial charge in [0, 0.05) is 24.9 Å². The monoisotopic (exact) mass is 248 g/mol. The molecule has 0 amide bonds. The average Bonchev–Trinajstić information content (AvgIpc) is 2.59. The second-order valence-electron chi connectivity index (χ2n) is 4.63. The quantitative estimate of drug-likeness (QED) is 0.666.